The van der Waals surface area contributed by atoms with Gasteiger partial charge in [0.25, 0.3) is 0 Å². The van der Waals surface area contributed by atoms with Gasteiger partial charge in [-0.2, -0.15) is 0 Å². The van der Waals surface area contributed by atoms with Crippen molar-refractivity contribution >= 4 is 22.5 Å². The number of aliphatic hydroxyl groups excluding tert-OH is 1. The number of fused-ring (bicyclic) bond motifs is 1. The molecule has 4 heteroatoms. The lowest BCUT2D eigenvalue weighted by Crippen LogP contribution is -1.97. The van der Waals surface area contributed by atoms with Crippen LogP contribution < -0.4 is 0 Å². The zero-order valence-electron chi connectivity index (χ0n) is 10.9. The fourth-order valence-corrected chi connectivity index (χ4v) is 2.79. The van der Waals surface area contributed by atoms with Crippen molar-refractivity contribution < 1.29 is 9.50 Å². The molecule has 0 saturated carbocycles. The van der Waals surface area contributed by atoms with Crippen LogP contribution in [-0.4, -0.2) is 9.67 Å². The summed E-state index contributed by atoms with van der Waals surface area (Å²) in [5.41, 5.74) is 2.76. The van der Waals surface area contributed by atoms with Crippen molar-refractivity contribution in [3.8, 4) is 11.1 Å². The molecule has 102 valence electrons. The SMILES string of the molecule is Cn1c(CO)c(-c2ccccc2F)c2cc(Cl)ccc21. The summed E-state index contributed by atoms with van der Waals surface area (Å²) in [6.45, 7) is -0.160. The quantitative estimate of drug-likeness (QED) is 0.754. The summed E-state index contributed by atoms with van der Waals surface area (Å²) in [6.07, 6.45) is 0. The van der Waals surface area contributed by atoms with E-state index in [0.717, 1.165) is 10.9 Å². The molecule has 0 unspecified atom stereocenters. The first-order valence-corrected chi connectivity index (χ1v) is 6.64. The molecule has 0 saturated heterocycles. The Bertz CT molecular complexity index is 795. The highest BCUT2D eigenvalue weighted by molar-refractivity contribution is 6.31. The van der Waals surface area contributed by atoms with Gasteiger partial charge in [-0.05, 0) is 24.3 Å². The number of halogens is 2. The van der Waals surface area contributed by atoms with Crippen LogP contribution in [0.3, 0.4) is 0 Å². The zero-order valence-corrected chi connectivity index (χ0v) is 11.7. The lowest BCUT2D eigenvalue weighted by Gasteiger charge is -2.06. The molecule has 0 bridgehead atoms. The Balaban J connectivity index is 2.45. The molecule has 3 aromatic rings. The van der Waals surface area contributed by atoms with E-state index in [2.05, 4.69) is 0 Å². The number of aliphatic hydroxyl groups is 1. The summed E-state index contributed by atoms with van der Waals surface area (Å²) in [7, 11) is 1.85. The lowest BCUT2D eigenvalue weighted by molar-refractivity contribution is 0.274. The Morgan fingerprint density at radius 1 is 1.20 bits per heavy atom. The summed E-state index contributed by atoms with van der Waals surface area (Å²) in [4.78, 5) is 0. The van der Waals surface area contributed by atoms with Crippen LogP contribution in [0.4, 0.5) is 4.39 Å². The topological polar surface area (TPSA) is 25.2 Å². The summed E-state index contributed by atoms with van der Waals surface area (Å²) < 4.78 is 16.0. The maximum absolute atomic E-state index is 14.1. The molecule has 0 fully saturated rings. The first-order chi connectivity index (χ1) is 9.63. The molecule has 0 amide bonds. The van der Waals surface area contributed by atoms with Crippen molar-refractivity contribution in [1.29, 1.82) is 0 Å². The van der Waals surface area contributed by atoms with E-state index in [9.17, 15) is 9.50 Å². The van der Waals surface area contributed by atoms with Gasteiger partial charge in [0.2, 0.25) is 0 Å². The van der Waals surface area contributed by atoms with Crippen molar-refractivity contribution in [3.63, 3.8) is 0 Å². The van der Waals surface area contributed by atoms with Crippen LogP contribution in [0.2, 0.25) is 5.02 Å². The Kier molecular flexibility index (Phi) is 3.24. The molecule has 2 nitrogen and oxygen atoms in total. The second-order valence-electron chi connectivity index (χ2n) is 4.68. The molecule has 0 aliphatic carbocycles. The molecule has 20 heavy (non-hydrogen) atoms. The first kappa shape index (κ1) is 13.2. The molecule has 0 radical (unpaired) electrons. The number of hydrogen-bond donors (Lipinski definition) is 1. The maximum Gasteiger partial charge on any atom is 0.131 e. The van der Waals surface area contributed by atoms with Gasteiger partial charge in [0, 0.05) is 34.1 Å². The van der Waals surface area contributed by atoms with E-state index in [4.69, 9.17) is 11.6 Å². The van der Waals surface area contributed by atoms with E-state index in [1.165, 1.54) is 6.07 Å². The highest BCUT2D eigenvalue weighted by atomic mass is 35.5. The second kappa shape index (κ2) is 4.93. The van der Waals surface area contributed by atoms with Crippen LogP contribution in [0.1, 0.15) is 5.69 Å². The third-order valence-corrected chi connectivity index (χ3v) is 3.81. The number of aryl methyl sites for hydroxylation is 1. The minimum absolute atomic E-state index is 0.160. The van der Waals surface area contributed by atoms with E-state index >= 15 is 0 Å². The van der Waals surface area contributed by atoms with Crippen LogP contribution in [-0.2, 0) is 13.7 Å². The van der Waals surface area contributed by atoms with Gasteiger partial charge in [-0.25, -0.2) is 4.39 Å². The molecule has 0 aliphatic heterocycles. The molecule has 0 spiro atoms. The van der Waals surface area contributed by atoms with Crippen molar-refractivity contribution in [1.82, 2.24) is 4.57 Å². The molecular formula is C16H13ClFNO. The van der Waals surface area contributed by atoms with Gasteiger partial charge >= 0.3 is 0 Å². The number of nitrogens with zero attached hydrogens (tertiary/aromatic N) is 1. The summed E-state index contributed by atoms with van der Waals surface area (Å²) in [5, 5.41) is 11.1. The number of hydrogen-bond acceptors (Lipinski definition) is 1. The molecule has 1 aromatic heterocycles. The van der Waals surface area contributed by atoms with Crippen molar-refractivity contribution in [2.45, 2.75) is 6.61 Å². The minimum Gasteiger partial charge on any atom is -0.390 e. The fourth-order valence-electron chi connectivity index (χ4n) is 2.62. The van der Waals surface area contributed by atoms with Crippen LogP contribution in [0, 0.1) is 5.82 Å². The standard InChI is InChI=1S/C16H13ClFNO/c1-19-14-7-6-10(17)8-12(14)16(15(19)9-20)11-4-2-3-5-13(11)18/h2-8,20H,9H2,1H3. The summed E-state index contributed by atoms with van der Waals surface area (Å²) >= 11 is 6.06. The fraction of sp³-hybridized carbons (Fsp3) is 0.125. The van der Waals surface area contributed by atoms with Crippen LogP contribution >= 0.6 is 11.6 Å². The van der Waals surface area contributed by atoms with Gasteiger partial charge in [-0.3, -0.25) is 0 Å². The van der Waals surface area contributed by atoms with Gasteiger partial charge < -0.3 is 9.67 Å². The minimum atomic E-state index is -0.310. The molecule has 3 rings (SSSR count). The number of rotatable bonds is 2. The number of aromatic nitrogens is 1. The summed E-state index contributed by atoms with van der Waals surface area (Å²) in [6, 6.07) is 12.0. The lowest BCUT2D eigenvalue weighted by atomic mass is 10.0. The zero-order chi connectivity index (χ0) is 14.3. The van der Waals surface area contributed by atoms with E-state index in [0.29, 0.717) is 21.8 Å². The van der Waals surface area contributed by atoms with Crippen LogP contribution in [0.5, 0.6) is 0 Å². The van der Waals surface area contributed by atoms with E-state index < -0.39 is 0 Å². The van der Waals surface area contributed by atoms with Crippen LogP contribution in [0.25, 0.3) is 22.0 Å². The van der Waals surface area contributed by atoms with Gasteiger partial charge in [0.15, 0.2) is 0 Å². The van der Waals surface area contributed by atoms with E-state index in [1.54, 1.807) is 30.3 Å². The van der Waals surface area contributed by atoms with Crippen molar-refractivity contribution in [2.24, 2.45) is 7.05 Å². The molecule has 1 N–H and O–H groups in total. The Morgan fingerprint density at radius 2 is 1.95 bits per heavy atom. The monoisotopic (exact) mass is 289 g/mol. The Labute approximate surface area is 121 Å². The Morgan fingerprint density at radius 3 is 2.65 bits per heavy atom. The first-order valence-electron chi connectivity index (χ1n) is 6.26. The third-order valence-electron chi connectivity index (χ3n) is 3.58. The predicted octanol–water partition coefficient (Wildman–Crippen LogP) is 4.13. The molecule has 0 aliphatic rings. The Hall–Kier alpha value is -1.84. The molecule has 2 aromatic carbocycles. The number of benzene rings is 2. The van der Waals surface area contributed by atoms with Gasteiger partial charge in [-0.15, -0.1) is 0 Å². The summed E-state index contributed by atoms with van der Waals surface area (Å²) in [5.74, 6) is -0.310. The highest BCUT2D eigenvalue weighted by Crippen LogP contribution is 2.37. The highest BCUT2D eigenvalue weighted by Gasteiger charge is 2.18. The smallest absolute Gasteiger partial charge is 0.131 e. The third kappa shape index (κ3) is 1.90. The van der Waals surface area contributed by atoms with E-state index in [1.807, 2.05) is 17.7 Å². The molecule has 0 atom stereocenters. The van der Waals surface area contributed by atoms with Crippen LogP contribution in [0.15, 0.2) is 42.5 Å². The second-order valence-corrected chi connectivity index (χ2v) is 5.12. The maximum atomic E-state index is 14.1. The van der Waals surface area contributed by atoms with Crippen molar-refractivity contribution in [3.05, 3.63) is 59.0 Å². The molecular weight excluding hydrogens is 277 g/mol. The van der Waals surface area contributed by atoms with Gasteiger partial charge in [-0.1, -0.05) is 29.8 Å². The van der Waals surface area contributed by atoms with Gasteiger partial charge in [0.1, 0.15) is 5.82 Å². The van der Waals surface area contributed by atoms with E-state index in [-0.39, 0.29) is 12.4 Å². The largest absolute Gasteiger partial charge is 0.390 e. The average molecular weight is 290 g/mol. The van der Waals surface area contributed by atoms with Crippen molar-refractivity contribution in [2.75, 3.05) is 0 Å². The normalized spacial score (nSPS) is 11.2. The van der Waals surface area contributed by atoms with Gasteiger partial charge in [0.05, 0.1) is 12.3 Å². The average Bonchev–Trinajstić information content (AvgIpc) is 2.71. The molecule has 1 heterocycles. The predicted molar refractivity (Wildman–Crippen MR) is 79.2 cm³/mol.